The Kier molecular flexibility index (Phi) is 7.95. The van der Waals surface area contributed by atoms with Crippen molar-refractivity contribution in [3.63, 3.8) is 0 Å². The zero-order valence-electron chi connectivity index (χ0n) is 19.0. The first-order chi connectivity index (χ1) is 16.6. The third-order valence-corrected chi connectivity index (χ3v) is 6.71. The number of nitrogens with two attached hydrogens (primary N) is 1. The Labute approximate surface area is 209 Å². The van der Waals surface area contributed by atoms with Gasteiger partial charge in [-0.2, -0.15) is 0 Å². The van der Waals surface area contributed by atoms with E-state index in [1.807, 2.05) is 72.8 Å². The number of anilines is 1. The maximum absolute atomic E-state index is 12.6. The number of carbonyl (C=O) groups is 1. The smallest absolute Gasteiger partial charge is 0.251 e. The predicted octanol–water partition coefficient (Wildman–Crippen LogP) is 5.88. The maximum atomic E-state index is 12.6. The molecule has 0 bridgehead atoms. The van der Waals surface area contributed by atoms with Crippen LogP contribution in [0, 0.1) is 0 Å². The third-order valence-electron chi connectivity index (χ3n) is 5.55. The predicted molar refractivity (Wildman–Crippen MR) is 141 cm³/mol. The molecule has 0 fully saturated rings. The van der Waals surface area contributed by atoms with Gasteiger partial charge in [-0.15, -0.1) is 11.3 Å². The minimum absolute atomic E-state index is 0.0930. The number of thiazole rings is 1. The second-order valence-electron chi connectivity index (χ2n) is 7.94. The van der Waals surface area contributed by atoms with E-state index in [1.54, 1.807) is 11.3 Å². The van der Waals surface area contributed by atoms with Gasteiger partial charge in [-0.1, -0.05) is 60.1 Å². The van der Waals surface area contributed by atoms with Crippen LogP contribution in [-0.4, -0.2) is 17.4 Å². The molecule has 3 aromatic carbocycles. The molecule has 174 valence electrons. The minimum Gasteiger partial charge on any atom is -0.348 e. The largest absolute Gasteiger partial charge is 0.348 e. The Morgan fingerprint density at radius 2 is 1.76 bits per heavy atom. The van der Waals surface area contributed by atoms with Crippen LogP contribution in [0.25, 0.3) is 11.3 Å². The SMILES string of the molecule is CCN(Cc1ccc(C(=O)NCc2cccc(CN)c2)cc1)c1nc(-c2ccc(Cl)cc2)cs1. The summed E-state index contributed by atoms with van der Waals surface area (Å²) in [5, 5.41) is 6.73. The molecule has 0 aliphatic heterocycles. The topological polar surface area (TPSA) is 71.2 Å². The van der Waals surface area contributed by atoms with Crippen LogP contribution >= 0.6 is 22.9 Å². The quantitative estimate of drug-likeness (QED) is 0.307. The Hall–Kier alpha value is -3.19. The van der Waals surface area contributed by atoms with Crippen LogP contribution in [0.1, 0.15) is 34.0 Å². The molecule has 4 aromatic rings. The van der Waals surface area contributed by atoms with Crippen LogP contribution in [-0.2, 0) is 19.6 Å². The van der Waals surface area contributed by atoms with Gasteiger partial charge in [0.25, 0.3) is 5.91 Å². The summed E-state index contributed by atoms with van der Waals surface area (Å²) >= 11 is 7.63. The van der Waals surface area contributed by atoms with Crippen molar-refractivity contribution in [3.8, 4) is 11.3 Å². The Bertz CT molecular complexity index is 1240. The summed E-state index contributed by atoms with van der Waals surface area (Å²) in [6.07, 6.45) is 0. The van der Waals surface area contributed by atoms with Crippen LogP contribution in [0.4, 0.5) is 5.13 Å². The lowest BCUT2D eigenvalue weighted by molar-refractivity contribution is 0.0951. The van der Waals surface area contributed by atoms with Gasteiger partial charge >= 0.3 is 0 Å². The molecule has 0 saturated carbocycles. The molecule has 3 N–H and O–H groups in total. The first kappa shape index (κ1) is 24.0. The van der Waals surface area contributed by atoms with Crippen molar-refractivity contribution in [2.75, 3.05) is 11.4 Å². The fourth-order valence-corrected chi connectivity index (χ4v) is 4.64. The van der Waals surface area contributed by atoms with Crippen molar-refractivity contribution < 1.29 is 4.79 Å². The zero-order chi connectivity index (χ0) is 23.9. The second-order valence-corrected chi connectivity index (χ2v) is 9.21. The lowest BCUT2D eigenvalue weighted by Gasteiger charge is -2.20. The van der Waals surface area contributed by atoms with Crippen molar-refractivity contribution in [1.82, 2.24) is 10.3 Å². The zero-order valence-corrected chi connectivity index (χ0v) is 20.6. The third kappa shape index (κ3) is 6.03. The molecule has 0 aliphatic rings. The molecule has 0 spiro atoms. The summed E-state index contributed by atoms with van der Waals surface area (Å²) in [6, 6.07) is 23.4. The van der Waals surface area contributed by atoms with Gasteiger partial charge in [0.15, 0.2) is 5.13 Å². The first-order valence-corrected chi connectivity index (χ1v) is 12.4. The minimum atomic E-state index is -0.0930. The number of halogens is 1. The summed E-state index contributed by atoms with van der Waals surface area (Å²) < 4.78 is 0. The first-order valence-electron chi connectivity index (χ1n) is 11.2. The van der Waals surface area contributed by atoms with E-state index in [0.29, 0.717) is 23.7 Å². The standard InChI is InChI=1S/C27H27ClN4OS/c1-2-32(27-31-25(18-34-27)22-10-12-24(28)13-11-22)17-19-6-8-23(9-7-19)26(33)30-16-21-5-3-4-20(14-21)15-29/h3-14,18H,2,15-17,29H2,1H3,(H,30,33). The maximum Gasteiger partial charge on any atom is 0.251 e. The van der Waals surface area contributed by atoms with Crippen molar-refractivity contribution in [3.05, 3.63) is 105 Å². The molecule has 5 nitrogen and oxygen atoms in total. The highest BCUT2D eigenvalue weighted by atomic mass is 35.5. The average molecular weight is 491 g/mol. The number of benzene rings is 3. The molecule has 7 heteroatoms. The van der Waals surface area contributed by atoms with Gasteiger partial charge in [0, 0.05) is 47.7 Å². The van der Waals surface area contributed by atoms with E-state index in [1.165, 1.54) is 0 Å². The average Bonchev–Trinajstić information content (AvgIpc) is 3.37. The number of amides is 1. The van der Waals surface area contributed by atoms with Crippen molar-refractivity contribution in [2.45, 2.75) is 26.6 Å². The highest BCUT2D eigenvalue weighted by molar-refractivity contribution is 7.14. The van der Waals surface area contributed by atoms with Gasteiger partial charge in [-0.25, -0.2) is 4.98 Å². The van der Waals surface area contributed by atoms with Gasteiger partial charge in [0.1, 0.15) is 0 Å². The van der Waals surface area contributed by atoms with E-state index < -0.39 is 0 Å². The summed E-state index contributed by atoms with van der Waals surface area (Å²) in [4.78, 5) is 19.6. The summed E-state index contributed by atoms with van der Waals surface area (Å²) in [5.41, 5.74) is 11.5. The highest BCUT2D eigenvalue weighted by Gasteiger charge is 2.12. The molecule has 4 rings (SSSR count). The molecule has 34 heavy (non-hydrogen) atoms. The molecule has 0 saturated heterocycles. The Morgan fingerprint density at radius 3 is 2.47 bits per heavy atom. The molecule has 0 radical (unpaired) electrons. The number of rotatable bonds is 9. The molecular weight excluding hydrogens is 464 g/mol. The molecule has 0 atom stereocenters. The van der Waals surface area contributed by atoms with Gasteiger partial charge in [-0.3, -0.25) is 4.79 Å². The molecule has 1 amide bonds. The summed E-state index contributed by atoms with van der Waals surface area (Å²) in [7, 11) is 0. The van der Waals surface area contributed by atoms with Gasteiger partial charge in [0.2, 0.25) is 0 Å². The summed E-state index contributed by atoms with van der Waals surface area (Å²) in [5.74, 6) is -0.0930. The van der Waals surface area contributed by atoms with E-state index in [0.717, 1.165) is 46.2 Å². The fourth-order valence-electron chi connectivity index (χ4n) is 3.61. The van der Waals surface area contributed by atoms with Gasteiger partial charge < -0.3 is 16.0 Å². The second kappa shape index (κ2) is 11.3. The monoisotopic (exact) mass is 490 g/mol. The lowest BCUT2D eigenvalue weighted by Crippen LogP contribution is -2.23. The normalized spacial score (nSPS) is 10.8. The van der Waals surface area contributed by atoms with E-state index in [2.05, 4.69) is 22.5 Å². The van der Waals surface area contributed by atoms with Crippen LogP contribution in [0.3, 0.4) is 0 Å². The lowest BCUT2D eigenvalue weighted by atomic mass is 10.1. The van der Waals surface area contributed by atoms with Crippen LogP contribution < -0.4 is 16.0 Å². The van der Waals surface area contributed by atoms with Crippen LogP contribution in [0.5, 0.6) is 0 Å². The number of aromatic nitrogens is 1. The van der Waals surface area contributed by atoms with E-state index >= 15 is 0 Å². The van der Waals surface area contributed by atoms with E-state index in [9.17, 15) is 4.79 Å². The number of hydrogen-bond donors (Lipinski definition) is 2. The van der Waals surface area contributed by atoms with Crippen LogP contribution in [0.2, 0.25) is 5.02 Å². The van der Waals surface area contributed by atoms with Crippen molar-refractivity contribution in [1.29, 1.82) is 0 Å². The van der Waals surface area contributed by atoms with Gasteiger partial charge in [0.05, 0.1) is 5.69 Å². The van der Waals surface area contributed by atoms with Gasteiger partial charge in [-0.05, 0) is 47.9 Å². The Balaban J connectivity index is 1.37. The number of hydrogen-bond acceptors (Lipinski definition) is 5. The highest BCUT2D eigenvalue weighted by Crippen LogP contribution is 2.29. The van der Waals surface area contributed by atoms with Crippen molar-refractivity contribution >= 4 is 34.0 Å². The molecule has 0 unspecified atom stereocenters. The number of nitrogens with one attached hydrogen (secondary N) is 1. The van der Waals surface area contributed by atoms with E-state index in [-0.39, 0.29) is 5.91 Å². The fraction of sp³-hybridized carbons (Fsp3) is 0.185. The number of nitrogens with zero attached hydrogens (tertiary/aromatic N) is 2. The molecule has 1 heterocycles. The van der Waals surface area contributed by atoms with Crippen LogP contribution in [0.15, 0.2) is 78.2 Å². The Morgan fingerprint density at radius 1 is 1.03 bits per heavy atom. The molecule has 0 aliphatic carbocycles. The molecule has 1 aromatic heterocycles. The number of carbonyl (C=O) groups excluding carboxylic acids is 1. The van der Waals surface area contributed by atoms with E-state index in [4.69, 9.17) is 22.3 Å². The van der Waals surface area contributed by atoms with Crippen molar-refractivity contribution in [2.24, 2.45) is 5.73 Å². The molecular formula is C27H27ClN4OS. The summed E-state index contributed by atoms with van der Waals surface area (Å²) in [6.45, 7) is 4.62.